The number of benzene rings is 2. The summed E-state index contributed by atoms with van der Waals surface area (Å²) in [6.07, 6.45) is 5.77. The Balaban J connectivity index is 1.94. The van der Waals surface area contributed by atoms with Gasteiger partial charge in [-0.05, 0) is 53.8 Å². The first kappa shape index (κ1) is 22.1. The van der Waals surface area contributed by atoms with Gasteiger partial charge in [-0.15, -0.1) is 0 Å². The van der Waals surface area contributed by atoms with Crippen LogP contribution in [-0.4, -0.2) is 29.6 Å². The van der Waals surface area contributed by atoms with Crippen molar-refractivity contribution in [3.05, 3.63) is 41.7 Å². The maximum atomic E-state index is 13.7. The topological polar surface area (TPSA) is 75.6 Å². The minimum Gasteiger partial charge on any atom is -0.492 e. The van der Waals surface area contributed by atoms with Crippen LogP contribution in [0.2, 0.25) is 0 Å². The number of aliphatic carboxylic acids is 1. The summed E-state index contributed by atoms with van der Waals surface area (Å²) >= 11 is 0. The summed E-state index contributed by atoms with van der Waals surface area (Å²) in [4.78, 5) is 24.8. The number of carboxylic acid groups (broad SMARTS) is 1. The first-order valence-electron chi connectivity index (χ1n) is 10.6. The Morgan fingerprint density at radius 3 is 2.50 bits per heavy atom. The van der Waals surface area contributed by atoms with Gasteiger partial charge in [-0.1, -0.05) is 46.1 Å². The minimum absolute atomic E-state index is 0.264. The van der Waals surface area contributed by atoms with E-state index >= 15 is 0 Å². The third-order valence-electron chi connectivity index (χ3n) is 5.75. The molecule has 0 aliphatic heterocycles. The molecule has 30 heavy (non-hydrogen) atoms. The molecule has 1 aliphatic rings. The molecule has 1 aliphatic carbocycles. The van der Waals surface area contributed by atoms with Gasteiger partial charge in [0.15, 0.2) is 0 Å². The highest BCUT2D eigenvalue weighted by molar-refractivity contribution is 6.05. The van der Waals surface area contributed by atoms with Crippen molar-refractivity contribution in [2.45, 2.75) is 58.9 Å². The lowest BCUT2D eigenvalue weighted by Crippen LogP contribution is -2.49. The SMILES string of the molecule is CC(C)(C)[C@H](NC(=O)c1ccc2cc(F)ccc2c1OCC1CCCCC1)C(=O)O. The van der Waals surface area contributed by atoms with Gasteiger partial charge in [0.1, 0.15) is 17.6 Å². The average Bonchev–Trinajstić information content (AvgIpc) is 2.69. The monoisotopic (exact) mass is 415 g/mol. The van der Waals surface area contributed by atoms with E-state index in [0.717, 1.165) is 12.8 Å². The molecule has 0 bridgehead atoms. The summed E-state index contributed by atoms with van der Waals surface area (Å²) in [7, 11) is 0. The van der Waals surface area contributed by atoms with Crippen molar-refractivity contribution in [1.29, 1.82) is 0 Å². The van der Waals surface area contributed by atoms with Crippen molar-refractivity contribution in [1.82, 2.24) is 5.32 Å². The number of nitrogens with one attached hydrogen (secondary N) is 1. The third kappa shape index (κ3) is 5.10. The van der Waals surface area contributed by atoms with Crippen LogP contribution in [0, 0.1) is 17.2 Å². The molecule has 0 heterocycles. The number of carbonyl (C=O) groups excluding carboxylic acids is 1. The third-order valence-corrected chi connectivity index (χ3v) is 5.75. The summed E-state index contributed by atoms with van der Waals surface area (Å²) in [6.45, 7) is 5.76. The molecular formula is C24H30FNO4. The van der Waals surface area contributed by atoms with E-state index < -0.39 is 23.3 Å². The highest BCUT2D eigenvalue weighted by Crippen LogP contribution is 2.33. The number of carbonyl (C=O) groups is 2. The van der Waals surface area contributed by atoms with Crippen molar-refractivity contribution < 1.29 is 23.8 Å². The van der Waals surface area contributed by atoms with Crippen molar-refractivity contribution in [3.8, 4) is 5.75 Å². The number of fused-ring (bicyclic) bond motifs is 1. The average molecular weight is 416 g/mol. The molecule has 0 spiro atoms. The summed E-state index contributed by atoms with van der Waals surface area (Å²) in [5.74, 6) is -1.16. The van der Waals surface area contributed by atoms with Crippen LogP contribution in [-0.2, 0) is 4.79 Å². The first-order valence-corrected chi connectivity index (χ1v) is 10.6. The van der Waals surface area contributed by atoms with E-state index in [1.807, 2.05) is 0 Å². The van der Waals surface area contributed by atoms with Crippen molar-refractivity contribution in [3.63, 3.8) is 0 Å². The zero-order chi connectivity index (χ0) is 21.9. The van der Waals surface area contributed by atoms with Crippen LogP contribution in [0.4, 0.5) is 4.39 Å². The van der Waals surface area contributed by atoms with Crippen molar-refractivity contribution >= 4 is 22.6 Å². The zero-order valence-electron chi connectivity index (χ0n) is 17.8. The van der Waals surface area contributed by atoms with E-state index in [0.29, 0.717) is 29.0 Å². The van der Waals surface area contributed by atoms with Crippen LogP contribution in [0.1, 0.15) is 63.2 Å². The highest BCUT2D eigenvalue weighted by atomic mass is 19.1. The fraction of sp³-hybridized carbons (Fsp3) is 0.500. The van der Waals surface area contributed by atoms with E-state index in [9.17, 15) is 19.1 Å². The molecule has 3 rings (SSSR count). The standard InChI is InChI=1S/C24H30FNO4/c1-24(2,3)21(23(28)29)26-22(27)19-11-9-16-13-17(25)10-12-18(16)20(19)30-14-15-7-5-4-6-8-15/h9-13,15,21H,4-8,14H2,1-3H3,(H,26,27)(H,28,29)/t21-/m1/s1. The van der Waals surface area contributed by atoms with Gasteiger partial charge in [0.25, 0.3) is 5.91 Å². The normalized spacial score (nSPS) is 16.3. The first-order chi connectivity index (χ1) is 14.2. The number of ether oxygens (including phenoxy) is 1. The fourth-order valence-corrected chi connectivity index (χ4v) is 4.02. The molecule has 0 saturated heterocycles. The van der Waals surface area contributed by atoms with Crippen LogP contribution < -0.4 is 10.1 Å². The fourth-order valence-electron chi connectivity index (χ4n) is 4.02. The quantitative estimate of drug-likeness (QED) is 0.683. The zero-order valence-corrected chi connectivity index (χ0v) is 17.8. The van der Waals surface area contributed by atoms with E-state index in [1.165, 1.54) is 31.4 Å². The molecule has 1 atom stereocenters. The number of amides is 1. The second-order valence-corrected chi connectivity index (χ2v) is 9.23. The lowest BCUT2D eigenvalue weighted by atomic mass is 9.86. The predicted octanol–water partition coefficient (Wildman–Crippen LogP) is 5.17. The smallest absolute Gasteiger partial charge is 0.326 e. The summed E-state index contributed by atoms with van der Waals surface area (Å²) in [6, 6.07) is 6.53. The number of hydrogen-bond acceptors (Lipinski definition) is 3. The summed E-state index contributed by atoms with van der Waals surface area (Å²) in [5, 5.41) is 13.5. The Bertz CT molecular complexity index is 929. The van der Waals surface area contributed by atoms with Gasteiger partial charge in [-0.2, -0.15) is 0 Å². The molecule has 2 aromatic carbocycles. The van der Waals surface area contributed by atoms with E-state index in [4.69, 9.17) is 4.74 Å². The van der Waals surface area contributed by atoms with Gasteiger partial charge in [-0.25, -0.2) is 9.18 Å². The van der Waals surface area contributed by atoms with Crippen molar-refractivity contribution in [2.24, 2.45) is 11.3 Å². The molecule has 6 heteroatoms. The Morgan fingerprint density at radius 2 is 1.87 bits per heavy atom. The van der Waals surface area contributed by atoms with Crippen LogP contribution in [0.3, 0.4) is 0 Å². The molecule has 1 saturated carbocycles. The van der Waals surface area contributed by atoms with E-state index in [-0.39, 0.29) is 11.4 Å². The van der Waals surface area contributed by atoms with E-state index in [2.05, 4.69) is 5.32 Å². The van der Waals surface area contributed by atoms with Crippen LogP contribution >= 0.6 is 0 Å². The molecule has 1 fully saturated rings. The Hall–Kier alpha value is -2.63. The molecule has 1 amide bonds. The minimum atomic E-state index is -1.09. The number of halogens is 1. The number of rotatable bonds is 6. The second-order valence-electron chi connectivity index (χ2n) is 9.23. The molecule has 0 radical (unpaired) electrons. The lowest BCUT2D eigenvalue weighted by molar-refractivity contribution is -0.142. The molecule has 0 unspecified atom stereocenters. The Kier molecular flexibility index (Phi) is 6.64. The Morgan fingerprint density at radius 1 is 1.17 bits per heavy atom. The van der Waals surface area contributed by atoms with Gasteiger partial charge in [0.2, 0.25) is 0 Å². The number of hydrogen-bond donors (Lipinski definition) is 2. The van der Waals surface area contributed by atoms with E-state index in [1.54, 1.807) is 39.0 Å². The lowest BCUT2D eigenvalue weighted by Gasteiger charge is -2.28. The molecule has 162 valence electrons. The largest absolute Gasteiger partial charge is 0.492 e. The maximum Gasteiger partial charge on any atom is 0.326 e. The number of carboxylic acids is 1. The molecule has 5 nitrogen and oxygen atoms in total. The van der Waals surface area contributed by atoms with Gasteiger partial charge in [0.05, 0.1) is 12.2 Å². The molecule has 2 N–H and O–H groups in total. The van der Waals surface area contributed by atoms with Crippen LogP contribution in [0.15, 0.2) is 30.3 Å². The second kappa shape index (κ2) is 9.02. The van der Waals surface area contributed by atoms with Gasteiger partial charge >= 0.3 is 5.97 Å². The van der Waals surface area contributed by atoms with Crippen LogP contribution in [0.5, 0.6) is 5.75 Å². The van der Waals surface area contributed by atoms with Gasteiger partial charge in [-0.3, -0.25) is 4.79 Å². The highest BCUT2D eigenvalue weighted by Gasteiger charge is 2.33. The summed E-state index contributed by atoms with van der Waals surface area (Å²) < 4.78 is 19.9. The molecule has 0 aromatic heterocycles. The Labute approximate surface area is 176 Å². The van der Waals surface area contributed by atoms with Gasteiger partial charge in [0, 0.05) is 5.39 Å². The van der Waals surface area contributed by atoms with Crippen LogP contribution in [0.25, 0.3) is 10.8 Å². The molecule has 2 aromatic rings. The summed E-state index contributed by atoms with van der Waals surface area (Å²) in [5.41, 5.74) is -0.398. The van der Waals surface area contributed by atoms with Crippen molar-refractivity contribution in [2.75, 3.05) is 6.61 Å². The molecular weight excluding hydrogens is 385 g/mol. The maximum absolute atomic E-state index is 13.7. The van der Waals surface area contributed by atoms with Gasteiger partial charge < -0.3 is 15.2 Å². The predicted molar refractivity (Wildman–Crippen MR) is 114 cm³/mol.